The van der Waals surface area contributed by atoms with E-state index in [0.29, 0.717) is 17.7 Å². The van der Waals surface area contributed by atoms with Crippen molar-refractivity contribution in [1.29, 1.82) is 0 Å². The average Bonchev–Trinajstić information content (AvgIpc) is 3.15. The lowest BCUT2D eigenvalue weighted by Crippen LogP contribution is -2.43. The van der Waals surface area contributed by atoms with Crippen molar-refractivity contribution in [2.45, 2.75) is 50.6 Å². The molecule has 0 bridgehead atoms. The van der Waals surface area contributed by atoms with Crippen molar-refractivity contribution in [3.05, 3.63) is 17.5 Å². The van der Waals surface area contributed by atoms with Gasteiger partial charge in [0.1, 0.15) is 5.76 Å². The third-order valence-electron chi connectivity index (χ3n) is 5.56. The van der Waals surface area contributed by atoms with E-state index in [-0.39, 0.29) is 11.9 Å². The second-order valence-corrected chi connectivity index (χ2v) is 7.46. The molecule has 0 aromatic carbocycles. The Labute approximate surface area is 137 Å². The molecular weight excluding hydrogens is 292 g/mol. The first-order chi connectivity index (χ1) is 11.1. The normalized spacial score (nSPS) is 27.7. The molecule has 126 valence electrons. The van der Waals surface area contributed by atoms with Gasteiger partial charge >= 0.3 is 0 Å². The molecule has 0 radical (unpaired) electrons. The number of nitrogens with zero attached hydrogens (tertiary/aromatic N) is 4. The van der Waals surface area contributed by atoms with Gasteiger partial charge in [-0.3, -0.25) is 9.69 Å². The Hall–Kier alpha value is -1.40. The van der Waals surface area contributed by atoms with Gasteiger partial charge in [-0.2, -0.15) is 0 Å². The quantitative estimate of drug-likeness (QED) is 0.850. The smallest absolute Gasteiger partial charge is 0.277 e. The minimum atomic E-state index is 0.0172. The van der Waals surface area contributed by atoms with Gasteiger partial charge in [0.15, 0.2) is 5.69 Å². The number of piperidine rings is 1. The maximum absolute atomic E-state index is 12.8. The summed E-state index contributed by atoms with van der Waals surface area (Å²) in [5.74, 6) is 1.40. The molecule has 1 aromatic rings. The Morgan fingerprint density at radius 3 is 2.70 bits per heavy atom. The number of rotatable bonds is 3. The number of aromatic nitrogens is 1. The fraction of sp³-hybridized carbons (Fsp3) is 0.765. The van der Waals surface area contributed by atoms with Gasteiger partial charge in [0, 0.05) is 30.6 Å². The Morgan fingerprint density at radius 1 is 1.26 bits per heavy atom. The maximum Gasteiger partial charge on any atom is 0.277 e. The van der Waals surface area contributed by atoms with Crippen LogP contribution in [0.4, 0.5) is 0 Å². The first-order valence-electron chi connectivity index (χ1n) is 8.82. The van der Waals surface area contributed by atoms with Crippen LogP contribution in [-0.2, 0) is 0 Å². The summed E-state index contributed by atoms with van der Waals surface area (Å²) in [5, 5.41) is 4.01. The molecule has 1 amide bonds. The van der Waals surface area contributed by atoms with Crippen molar-refractivity contribution < 1.29 is 9.32 Å². The van der Waals surface area contributed by atoms with Gasteiger partial charge in [0.2, 0.25) is 0 Å². The van der Waals surface area contributed by atoms with E-state index < -0.39 is 0 Å². The highest BCUT2D eigenvalue weighted by Crippen LogP contribution is 2.40. The number of amides is 1. The van der Waals surface area contributed by atoms with Crippen molar-refractivity contribution in [3.63, 3.8) is 0 Å². The predicted molar refractivity (Wildman–Crippen MR) is 86.2 cm³/mol. The number of likely N-dealkylation sites (tertiary alicyclic amines) is 1. The summed E-state index contributed by atoms with van der Waals surface area (Å²) in [6.45, 7) is 6.12. The second kappa shape index (κ2) is 5.91. The molecule has 2 aliphatic heterocycles. The molecule has 3 aliphatic rings. The fourth-order valence-electron chi connectivity index (χ4n) is 3.82. The van der Waals surface area contributed by atoms with Crippen LogP contribution >= 0.6 is 0 Å². The van der Waals surface area contributed by atoms with Gasteiger partial charge < -0.3 is 14.3 Å². The number of hydrogen-bond donors (Lipinski definition) is 0. The van der Waals surface area contributed by atoms with Gasteiger partial charge in [0.05, 0.1) is 6.67 Å². The van der Waals surface area contributed by atoms with E-state index >= 15 is 0 Å². The van der Waals surface area contributed by atoms with Crippen LogP contribution in [0.5, 0.6) is 0 Å². The van der Waals surface area contributed by atoms with Gasteiger partial charge in [-0.25, -0.2) is 0 Å². The molecule has 1 aliphatic carbocycles. The lowest BCUT2D eigenvalue weighted by atomic mass is 10.0. The highest BCUT2D eigenvalue weighted by atomic mass is 16.5. The van der Waals surface area contributed by atoms with Crippen molar-refractivity contribution in [2.24, 2.45) is 0 Å². The van der Waals surface area contributed by atoms with Gasteiger partial charge in [0.25, 0.3) is 5.91 Å². The summed E-state index contributed by atoms with van der Waals surface area (Å²) in [5.41, 5.74) is 0.476. The number of carbonyl (C=O) groups excluding carboxylic acids is 1. The van der Waals surface area contributed by atoms with E-state index in [1.165, 1.54) is 12.8 Å². The molecule has 0 N–H and O–H groups in total. The van der Waals surface area contributed by atoms with Crippen LogP contribution in [0.1, 0.15) is 54.8 Å². The summed E-state index contributed by atoms with van der Waals surface area (Å²) in [4.78, 5) is 19.6. The zero-order valence-corrected chi connectivity index (χ0v) is 14.1. The fourth-order valence-corrected chi connectivity index (χ4v) is 3.82. The third kappa shape index (κ3) is 3.02. The Morgan fingerprint density at radius 2 is 2.00 bits per heavy atom. The molecule has 2 saturated heterocycles. The second-order valence-electron chi connectivity index (χ2n) is 7.46. The van der Waals surface area contributed by atoms with E-state index in [4.69, 9.17) is 4.52 Å². The van der Waals surface area contributed by atoms with Gasteiger partial charge in [-0.1, -0.05) is 5.16 Å². The van der Waals surface area contributed by atoms with Crippen LogP contribution < -0.4 is 0 Å². The molecule has 6 heteroatoms. The van der Waals surface area contributed by atoms with Crippen LogP contribution in [0, 0.1) is 0 Å². The third-order valence-corrected chi connectivity index (χ3v) is 5.56. The van der Waals surface area contributed by atoms with Crippen LogP contribution in [-0.4, -0.2) is 71.2 Å². The molecule has 0 spiro atoms. The van der Waals surface area contributed by atoms with Crippen molar-refractivity contribution in [3.8, 4) is 0 Å². The van der Waals surface area contributed by atoms with E-state index in [1.54, 1.807) is 0 Å². The lowest BCUT2D eigenvalue weighted by molar-refractivity contribution is 0.0681. The SMILES string of the molecule is CC1CN(C2CCN(C)CC2)CN1C(=O)c1cc(C2CC2)on1. The first-order valence-corrected chi connectivity index (χ1v) is 8.82. The number of carbonyl (C=O) groups is 1. The zero-order chi connectivity index (χ0) is 16.0. The molecule has 23 heavy (non-hydrogen) atoms. The standard InChI is InChI=1S/C17H26N4O2/c1-12-10-20(14-5-7-19(2)8-6-14)11-21(12)17(22)15-9-16(23-18-15)13-3-4-13/h9,12-14H,3-8,10-11H2,1-2H3. The lowest BCUT2D eigenvalue weighted by Gasteiger charge is -2.34. The summed E-state index contributed by atoms with van der Waals surface area (Å²) in [6.07, 6.45) is 4.71. The first kappa shape index (κ1) is 15.1. The monoisotopic (exact) mass is 318 g/mol. The molecule has 6 nitrogen and oxygen atoms in total. The molecule has 4 rings (SSSR count). The summed E-state index contributed by atoms with van der Waals surface area (Å²) < 4.78 is 5.34. The van der Waals surface area contributed by atoms with Crippen molar-refractivity contribution >= 4 is 5.91 Å². The van der Waals surface area contributed by atoms with Crippen LogP contribution in [0.3, 0.4) is 0 Å². The van der Waals surface area contributed by atoms with E-state index in [1.807, 2.05) is 11.0 Å². The summed E-state index contributed by atoms with van der Waals surface area (Å²) >= 11 is 0. The minimum absolute atomic E-state index is 0.0172. The molecular formula is C17H26N4O2. The molecule has 3 fully saturated rings. The van der Waals surface area contributed by atoms with Crippen LogP contribution in [0.25, 0.3) is 0 Å². The van der Waals surface area contributed by atoms with Crippen molar-refractivity contribution in [2.75, 3.05) is 33.4 Å². The molecule has 1 saturated carbocycles. The highest BCUT2D eigenvalue weighted by Gasteiger charge is 2.37. The summed E-state index contributed by atoms with van der Waals surface area (Å²) in [7, 11) is 2.18. The van der Waals surface area contributed by atoms with E-state index in [9.17, 15) is 4.79 Å². The highest BCUT2D eigenvalue weighted by molar-refractivity contribution is 5.92. The Balaban J connectivity index is 1.41. The average molecular weight is 318 g/mol. The maximum atomic E-state index is 12.8. The Kier molecular flexibility index (Phi) is 3.89. The van der Waals surface area contributed by atoms with Gasteiger partial charge in [-0.15, -0.1) is 0 Å². The molecule has 3 heterocycles. The van der Waals surface area contributed by atoms with E-state index in [0.717, 1.165) is 44.9 Å². The van der Waals surface area contributed by atoms with Crippen LogP contribution in [0.15, 0.2) is 10.6 Å². The predicted octanol–water partition coefficient (Wildman–Crippen LogP) is 1.75. The van der Waals surface area contributed by atoms with Crippen molar-refractivity contribution in [1.82, 2.24) is 19.9 Å². The largest absolute Gasteiger partial charge is 0.360 e. The topological polar surface area (TPSA) is 52.8 Å². The Bertz CT molecular complexity index is 575. The minimum Gasteiger partial charge on any atom is -0.360 e. The molecule has 1 unspecified atom stereocenters. The van der Waals surface area contributed by atoms with Crippen LogP contribution in [0.2, 0.25) is 0 Å². The summed E-state index contributed by atoms with van der Waals surface area (Å²) in [6, 6.07) is 2.69. The molecule has 1 aromatic heterocycles. The van der Waals surface area contributed by atoms with Gasteiger partial charge in [-0.05, 0) is 52.7 Å². The number of hydrogen-bond acceptors (Lipinski definition) is 5. The molecule has 1 atom stereocenters. The van der Waals surface area contributed by atoms with E-state index in [2.05, 4.69) is 28.9 Å². The zero-order valence-electron chi connectivity index (χ0n) is 14.1.